The van der Waals surface area contributed by atoms with Crippen molar-refractivity contribution in [2.45, 2.75) is 18.4 Å². The number of aliphatic hydroxyl groups is 1. The Bertz CT molecular complexity index is 1180. The molecule has 1 saturated heterocycles. The number of rotatable bonds is 2. The molecule has 1 aliphatic rings. The molecule has 0 aliphatic carbocycles. The number of amides is 1. The number of nitrogens with zero attached hydrogens (tertiary/aromatic N) is 4. The third kappa shape index (κ3) is 2.68. The average molecular weight is 374 g/mol. The molecule has 1 aliphatic heterocycles. The van der Waals surface area contributed by atoms with Crippen LogP contribution in [0.3, 0.4) is 0 Å². The molecule has 6 nitrogen and oxygen atoms in total. The van der Waals surface area contributed by atoms with Gasteiger partial charge in [0, 0.05) is 38.4 Å². The number of aliphatic hydroxyl groups excluding tert-OH is 1. The fourth-order valence-electron chi connectivity index (χ4n) is 4.31. The fraction of sp³-hybridized carbons (Fsp3) is 0.273. The maximum atomic E-state index is 13.0. The third-order valence-electron chi connectivity index (χ3n) is 5.84. The van der Waals surface area contributed by atoms with Gasteiger partial charge in [-0.25, -0.2) is 4.52 Å². The topological polar surface area (TPSA) is 62.8 Å². The Morgan fingerprint density at radius 2 is 1.96 bits per heavy atom. The van der Waals surface area contributed by atoms with E-state index in [1.54, 1.807) is 15.6 Å². The molecule has 2 aromatic carbocycles. The first-order valence-corrected chi connectivity index (χ1v) is 9.56. The minimum Gasteiger partial charge on any atom is -0.391 e. The maximum absolute atomic E-state index is 13.0. The zero-order valence-corrected chi connectivity index (χ0v) is 15.7. The summed E-state index contributed by atoms with van der Waals surface area (Å²) in [6, 6.07) is 14.6. The van der Waals surface area contributed by atoms with Crippen molar-refractivity contribution < 1.29 is 9.90 Å². The highest BCUT2D eigenvalue weighted by Gasteiger charge is 2.32. The van der Waals surface area contributed by atoms with Crippen LogP contribution in [0.15, 0.2) is 61.1 Å². The van der Waals surface area contributed by atoms with Crippen molar-refractivity contribution in [3.63, 3.8) is 0 Å². The number of piperidine rings is 1. The lowest BCUT2D eigenvalue weighted by atomic mass is 9.86. The summed E-state index contributed by atoms with van der Waals surface area (Å²) in [4.78, 5) is 14.8. The van der Waals surface area contributed by atoms with Gasteiger partial charge in [0.05, 0.1) is 12.3 Å². The van der Waals surface area contributed by atoms with Gasteiger partial charge in [0.15, 0.2) is 0 Å². The second-order valence-corrected chi connectivity index (χ2v) is 7.56. The zero-order chi connectivity index (χ0) is 19.3. The van der Waals surface area contributed by atoms with Gasteiger partial charge in [-0.1, -0.05) is 42.5 Å². The van der Waals surface area contributed by atoms with Crippen molar-refractivity contribution >= 4 is 22.3 Å². The van der Waals surface area contributed by atoms with Gasteiger partial charge < -0.3 is 14.6 Å². The van der Waals surface area contributed by atoms with Crippen LogP contribution >= 0.6 is 0 Å². The lowest BCUT2D eigenvalue weighted by molar-refractivity contribution is 0.0383. The van der Waals surface area contributed by atoms with Crippen molar-refractivity contribution in [2.24, 2.45) is 7.05 Å². The quantitative estimate of drug-likeness (QED) is 0.587. The van der Waals surface area contributed by atoms with E-state index in [4.69, 9.17) is 0 Å². The number of likely N-dealkylation sites (tertiary alicyclic amines) is 1. The Hall–Kier alpha value is -3.12. The molecule has 1 fully saturated rings. The molecule has 2 aromatic heterocycles. The number of aryl methyl sites for hydroxylation is 1. The molecule has 1 N–H and O–H groups in total. The molecular weight excluding hydrogens is 352 g/mol. The molecule has 142 valence electrons. The van der Waals surface area contributed by atoms with Crippen molar-refractivity contribution in [3.05, 3.63) is 72.2 Å². The second-order valence-electron chi connectivity index (χ2n) is 7.56. The summed E-state index contributed by atoms with van der Waals surface area (Å²) < 4.78 is 3.59. The van der Waals surface area contributed by atoms with Gasteiger partial charge in [-0.05, 0) is 22.8 Å². The van der Waals surface area contributed by atoms with Crippen LogP contribution in [0.4, 0.5) is 0 Å². The molecular formula is C22H22N4O2. The molecule has 6 heteroatoms. The first-order chi connectivity index (χ1) is 13.6. The predicted molar refractivity (Wildman–Crippen MR) is 107 cm³/mol. The van der Waals surface area contributed by atoms with E-state index in [0.29, 0.717) is 18.7 Å². The molecule has 0 spiro atoms. The SMILES string of the molecule is Cn1ccn2ncc(C(=O)N3CC[C@@H](c4ccc5ccccc5c4)[C@H](O)C3)c12. The monoisotopic (exact) mass is 374 g/mol. The molecule has 3 heterocycles. The number of imidazole rings is 1. The lowest BCUT2D eigenvalue weighted by Crippen LogP contribution is -2.45. The van der Waals surface area contributed by atoms with E-state index in [1.807, 2.05) is 36.1 Å². The first-order valence-electron chi connectivity index (χ1n) is 9.56. The van der Waals surface area contributed by atoms with Gasteiger partial charge in [-0.3, -0.25) is 4.79 Å². The highest BCUT2D eigenvalue weighted by atomic mass is 16.3. The van der Waals surface area contributed by atoms with Crippen LogP contribution in [0.5, 0.6) is 0 Å². The number of carbonyl (C=O) groups is 1. The summed E-state index contributed by atoms with van der Waals surface area (Å²) in [7, 11) is 1.90. The van der Waals surface area contributed by atoms with E-state index in [9.17, 15) is 9.90 Å². The molecule has 2 atom stereocenters. The summed E-state index contributed by atoms with van der Waals surface area (Å²) in [5.74, 6) is -0.0383. The normalized spacial score (nSPS) is 20.1. The Balaban J connectivity index is 1.37. The van der Waals surface area contributed by atoms with E-state index in [1.165, 1.54) is 10.8 Å². The van der Waals surface area contributed by atoms with Gasteiger partial charge in [0.1, 0.15) is 11.2 Å². The van der Waals surface area contributed by atoms with Crippen LogP contribution in [0.25, 0.3) is 16.4 Å². The standard InChI is InChI=1S/C22H22N4O2/c1-24-10-11-26-21(24)19(13-23-26)22(28)25-9-8-18(20(27)14-25)17-7-6-15-4-2-3-5-16(15)12-17/h2-7,10-13,18,20,27H,8-9,14H2,1H3/t18-,20+/m0/s1. The van der Waals surface area contributed by atoms with Crippen LogP contribution in [0.2, 0.25) is 0 Å². The minimum atomic E-state index is -0.585. The summed E-state index contributed by atoms with van der Waals surface area (Å²) >= 11 is 0. The largest absolute Gasteiger partial charge is 0.391 e. The van der Waals surface area contributed by atoms with E-state index in [-0.39, 0.29) is 11.8 Å². The zero-order valence-electron chi connectivity index (χ0n) is 15.7. The number of β-amino-alcohol motifs (C(OH)–C–C–N with tert-alkyl or cyclic N) is 1. The minimum absolute atomic E-state index is 0.0378. The number of hydrogen-bond donors (Lipinski definition) is 1. The van der Waals surface area contributed by atoms with Crippen LogP contribution in [-0.2, 0) is 7.05 Å². The van der Waals surface area contributed by atoms with Gasteiger partial charge >= 0.3 is 0 Å². The molecule has 4 aromatic rings. The number of benzene rings is 2. The molecule has 1 amide bonds. The van der Waals surface area contributed by atoms with Gasteiger partial charge in [-0.2, -0.15) is 5.10 Å². The molecule has 5 rings (SSSR count). The number of carbonyl (C=O) groups excluding carboxylic acids is 1. The summed E-state index contributed by atoms with van der Waals surface area (Å²) in [5, 5.41) is 17.4. The summed E-state index contributed by atoms with van der Waals surface area (Å²) in [6.45, 7) is 0.952. The van der Waals surface area contributed by atoms with E-state index in [0.717, 1.165) is 17.6 Å². The Morgan fingerprint density at radius 1 is 1.14 bits per heavy atom. The molecule has 0 bridgehead atoms. The summed E-state index contributed by atoms with van der Waals surface area (Å²) in [5.41, 5.74) is 2.48. The Labute approximate surface area is 162 Å². The molecule has 0 unspecified atom stereocenters. The van der Waals surface area contributed by atoms with Crippen LogP contribution in [0.1, 0.15) is 28.3 Å². The number of hydrogen-bond acceptors (Lipinski definition) is 3. The smallest absolute Gasteiger partial charge is 0.259 e. The highest BCUT2D eigenvalue weighted by Crippen LogP contribution is 2.31. The van der Waals surface area contributed by atoms with Crippen molar-refractivity contribution in [3.8, 4) is 0 Å². The van der Waals surface area contributed by atoms with Crippen LogP contribution < -0.4 is 0 Å². The fourth-order valence-corrected chi connectivity index (χ4v) is 4.31. The van der Waals surface area contributed by atoms with Crippen molar-refractivity contribution in [1.82, 2.24) is 19.1 Å². The van der Waals surface area contributed by atoms with Crippen LogP contribution in [-0.4, -0.2) is 49.3 Å². The van der Waals surface area contributed by atoms with Crippen LogP contribution in [0, 0.1) is 0 Å². The second kappa shape index (κ2) is 6.49. The maximum Gasteiger partial charge on any atom is 0.259 e. The predicted octanol–water partition coefficient (Wildman–Crippen LogP) is 2.82. The van der Waals surface area contributed by atoms with E-state index in [2.05, 4.69) is 35.4 Å². The van der Waals surface area contributed by atoms with Crippen molar-refractivity contribution in [2.75, 3.05) is 13.1 Å². The number of fused-ring (bicyclic) bond motifs is 2. The molecule has 0 saturated carbocycles. The lowest BCUT2D eigenvalue weighted by Gasteiger charge is -2.36. The van der Waals surface area contributed by atoms with E-state index < -0.39 is 6.10 Å². The third-order valence-corrected chi connectivity index (χ3v) is 5.84. The van der Waals surface area contributed by atoms with E-state index >= 15 is 0 Å². The Kier molecular flexibility index (Phi) is 3.94. The molecule has 28 heavy (non-hydrogen) atoms. The van der Waals surface area contributed by atoms with Gasteiger partial charge in [0.25, 0.3) is 5.91 Å². The average Bonchev–Trinajstić information content (AvgIpc) is 3.30. The first kappa shape index (κ1) is 17.0. The molecule has 0 radical (unpaired) electrons. The summed E-state index contributed by atoms with van der Waals surface area (Å²) in [6.07, 6.45) is 5.47. The van der Waals surface area contributed by atoms with Crippen molar-refractivity contribution in [1.29, 1.82) is 0 Å². The van der Waals surface area contributed by atoms with Gasteiger partial charge in [-0.15, -0.1) is 0 Å². The number of aromatic nitrogens is 3. The highest BCUT2D eigenvalue weighted by molar-refractivity contribution is 6.00. The van der Waals surface area contributed by atoms with Gasteiger partial charge in [0.2, 0.25) is 0 Å². The Morgan fingerprint density at radius 3 is 2.79 bits per heavy atom.